The van der Waals surface area contributed by atoms with Crippen molar-refractivity contribution >= 4 is 34.0 Å². The Hall–Kier alpha value is -1.94. The fourth-order valence-electron chi connectivity index (χ4n) is 3.03. The predicted molar refractivity (Wildman–Crippen MR) is 101 cm³/mol. The monoisotopic (exact) mass is 399 g/mol. The maximum Gasteiger partial charge on any atom is 0.240 e. The lowest BCUT2D eigenvalue weighted by Crippen LogP contribution is -2.28. The molecule has 1 aromatic carbocycles. The summed E-state index contributed by atoms with van der Waals surface area (Å²) in [6.07, 6.45) is 3.69. The second-order valence-electron chi connectivity index (χ2n) is 6.04. The van der Waals surface area contributed by atoms with Crippen LogP contribution in [-0.2, 0) is 21.9 Å². The average molecular weight is 400 g/mol. The topological polar surface area (TPSA) is 105 Å². The zero-order valence-electron chi connectivity index (χ0n) is 14.5. The van der Waals surface area contributed by atoms with Crippen molar-refractivity contribution in [1.82, 2.24) is 19.8 Å². The second-order valence-corrected chi connectivity index (χ2v) is 7.93. The minimum atomic E-state index is -3.55. The predicted octanol–water partition coefficient (Wildman–Crippen LogP) is 0.692. The van der Waals surface area contributed by atoms with E-state index >= 15 is 0 Å². The van der Waals surface area contributed by atoms with Crippen molar-refractivity contribution in [1.29, 1.82) is 0 Å². The van der Waals surface area contributed by atoms with E-state index in [1.54, 1.807) is 23.0 Å². The standard InChI is InChI=1S/C16H21N5O3S.ClH/c1-17-25(23,24)13-5-3-4-12(6-13)20-16(22)15-9-18-8-14(15)11-7-19-21(2)10-11;/h3-7,10,14-15,17-18H,8-9H2,1-2H3,(H,20,22);1H/t14-,15+;/m1./s1. The SMILES string of the molecule is CNS(=O)(=O)c1cccc(NC(=O)[C@H]2CNC[C@@H]2c2cnn(C)c2)c1.Cl. The zero-order valence-corrected chi connectivity index (χ0v) is 16.1. The van der Waals surface area contributed by atoms with Gasteiger partial charge in [0.2, 0.25) is 15.9 Å². The van der Waals surface area contributed by atoms with E-state index in [1.165, 1.54) is 19.2 Å². The van der Waals surface area contributed by atoms with Crippen molar-refractivity contribution in [2.45, 2.75) is 10.8 Å². The summed E-state index contributed by atoms with van der Waals surface area (Å²) in [5.41, 5.74) is 1.47. The van der Waals surface area contributed by atoms with Crippen molar-refractivity contribution < 1.29 is 13.2 Å². The van der Waals surface area contributed by atoms with Crippen LogP contribution in [-0.4, -0.2) is 44.2 Å². The van der Waals surface area contributed by atoms with E-state index in [2.05, 4.69) is 20.5 Å². The molecule has 10 heteroatoms. The van der Waals surface area contributed by atoms with E-state index in [-0.39, 0.29) is 35.0 Å². The first kappa shape index (κ1) is 20.4. The maximum atomic E-state index is 12.7. The average Bonchev–Trinajstić information content (AvgIpc) is 3.23. The number of hydrogen-bond donors (Lipinski definition) is 3. The first-order chi connectivity index (χ1) is 11.9. The molecule has 2 heterocycles. The molecule has 2 atom stereocenters. The van der Waals surface area contributed by atoms with Crippen molar-refractivity contribution in [3.63, 3.8) is 0 Å². The van der Waals surface area contributed by atoms with Gasteiger partial charge in [-0.1, -0.05) is 6.07 Å². The molecule has 0 aliphatic carbocycles. The Labute approximate surface area is 158 Å². The highest BCUT2D eigenvalue weighted by Crippen LogP contribution is 2.29. The Morgan fingerprint density at radius 1 is 1.35 bits per heavy atom. The molecule has 0 saturated carbocycles. The molecule has 26 heavy (non-hydrogen) atoms. The Bertz CT molecular complexity index is 884. The summed E-state index contributed by atoms with van der Waals surface area (Å²) in [6, 6.07) is 6.21. The van der Waals surface area contributed by atoms with E-state index in [1.807, 2.05) is 13.2 Å². The molecule has 1 aliphatic rings. The van der Waals surface area contributed by atoms with Crippen LogP contribution in [0.4, 0.5) is 5.69 Å². The summed E-state index contributed by atoms with van der Waals surface area (Å²) < 4.78 is 27.8. The molecule has 0 unspecified atom stereocenters. The maximum absolute atomic E-state index is 12.7. The van der Waals surface area contributed by atoms with Gasteiger partial charge in [0.1, 0.15) is 0 Å². The minimum Gasteiger partial charge on any atom is -0.326 e. The Morgan fingerprint density at radius 2 is 2.12 bits per heavy atom. The summed E-state index contributed by atoms with van der Waals surface area (Å²) in [7, 11) is -0.359. The molecule has 1 fully saturated rings. The smallest absolute Gasteiger partial charge is 0.240 e. The zero-order chi connectivity index (χ0) is 18.0. The van der Waals surface area contributed by atoms with Crippen molar-refractivity contribution in [3.05, 3.63) is 42.2 Å². The van der Waals surface area contributed by atoms with Gasteiger partial charge < -0.3 is 10.6 Å². The van der Waals surface area contributed by atoms with Crippen molar-refractivity contribution in [2.24, 2.45) is 13.0 Å². The van der Waals surface area contributed by atoms with Gasteiger partial charge in [-0.25, -0.2) is 13.1 Å². The van der Waals surface area contributed by atoms with Crippen LogP contribution in [0.25, 0.3) is 0 Å². The summed E-state index contributed by atoms with van der Waals surface area (Å²) >= 11 is 0. The van der Waals surface area contributed by atoms with Crippen molar-refractivity contribution in [2.75, 3.05) is 25.5 Å². The lowest BCUT2D eigenvalue weighted by molar-refractivity contribution is -0.119. The lowest BCUT2D eigenvalue weighted by atomic mass is 9.90. The lowest BCUT2D eigenvalue weighted by Gasteiger charge is -2.17. The molecular weight excluding hydrogens is 378 g/mol. The molecular formula is C16H22ClN5O3S. The molecule has 0 radical (unpaired) electrons. The van der Waals surface area contributed by atoms with Crippen LogP contribution >= 0.6 is 12.4 Å². The van der Waals surface area contributed by atoms with Crippen LogP contribution in [0.1, 0.15) is 11.5 Å². The number of aryl methyl sites for hydroxylation is 1. The van der Waals surface area contributed by atoms with Gasteiger partial charge in [-0.05, 0) is 30.8 Å². The molecule has 1 saturated heterocycles. The van der Waals surface area contributed by atoms with E-state index in [9.17, 15) is 13.2 Å². The van der Waals surface area contributed by atoms with Crippen molar-refractivity contribution in [3.8, 4) is 0 Å². The Balaban J connectivity index is 0.00000243. The minimum absolute atomic E-state index is 0. The number of carbonyl (C=O) groups excluding carboxylic acids is 1. The molecule has 0 spiro atoms. The number of carbonyl (C=O) groups is 1. The van der Waals surface area contributed by atoms with Gasteiger partial charge >= 0.3 is 0 Å². The van der Waals surface area contributed by atoms with Gasteiger partial charge in [-0.2, -0.15) is 5.10 Å². The number of halogens is 1. The van der Waals surface area contributed by atoms with E-state index in [0.29, 0.717) is 18.8 Å². The third kappa shape index (κ3) is 4.24. The highest BCUT2D eigenvalue weighted by Gasteiger charge is 2.34. The first-order valence-electron chi connectivity index (χ1n) is 7.94. The molecule has 2 aromatic rings. The number of aromatic nitrogens is 2. The van der Waals surface area contributed by atoms with E-state index in [0.717, 1.165) is 5.56 Å². The number of nitrogens with zero attached hydrogens (tertiary/aromatic N) is 2. The molecule has 3 rings (SSSR count). The summed E-state index contributed by atoms with van der Waals surface area (Å²) in [6.45, 7) is 1.28. The molecule has 1 aromatic heterocycles. The van der Waals surface area contributed by atoms with E-state index in [4.69, 9.17) is 0 Å². The molecule has 0 bridgehead atoms. The fourth-order valence-corrected chi connectivity index (χ4v) is 3.81. The fraction of sp³-hybridized carbons (Fsp3) is 0.375. The third-order valence-corrected chi connectivity index (χ3v) is 5.80. The molecule has 3 N–H and O–H groups in total. The number of amides is 1. The van der Waals surface area contributed by atoms with Crippen LogP contribution in [0.15, 0.2) is 41.6 Å². The first-order valence-corrected chi connectivity index (χ1v) is 9.43. The Morgan fingerprint density at radius 3 is 2.77 bits per heavy atom. The number of rotatable bonds is 5. The van der Waals surface area contributed by atoms with Crippen LogP contribution in [0.3, 0.4) is 0 Å². The summed E-state index contributed by atoms with van der Waals surface area (Å²) in [5.74, 6) is -0.343. The third-order valence-electron chi connectivity index (χ3n) is 4.38. The molecule has 8 nitrogen and oxygen atoms in total. The number of anilines is 1. The highest BCUT2D eigenvalue weighted by molar-refractivity contribution is 7.89. The second kappa shape index (κ2) is 8.17. The van der Waals surface area contributed by atoms with Crippen LogP contribution in [0.2, 0.25) is 0 Å². The van der Waals surface area contributed by atoms with Gasteiger partial charge in [-0.15, -0.1) is 12.4 Å². The van der Waals surface area contributed by atoms with E-state index < -0.39 is 10.0 Å². The largest absolute Gasteiger partial charge is 0.326 e. The highest BCUT2D eigenvalue weighted by atomic mass is 35.5. The summed E-state index contributed by atoms with van der Waals surface area (Å²) in [5, 5.41) is 10.2. The van der Waals surface area contributed by atoms with Gasteiger partial charge in [0.15, 0.2) is 0 Å². The number of benzene rings is 1. The van der Waals surface area contributed by atoms with Gasteiger partial charge in [0.05, 0.1) is 17.0 Å². The van der Waals surface area contributed by atoms with Crippen LogP contribution < -0.4 is 15.4 Å². The molecule has 142 valence electrons. The van der Waals surface area contributed by atoms with Gasteiger partial charge in [-0.3, -0.25) is 9.48 Å². The summed E-state index contributed by atoms with van der Waals surface area (Å²) in [4.78, 5) is 12.8. The molecule has 1 aliphatic heterocycles. The molecule has 1 amide bonds. The quantitative estimate of drug-likeness (QED) is 0.686. The number of sulfonamides is 1. The Kier molecular flexibility index (Phi) is 6.40. The van der Waals surface area contributed by atoms with Gasteiger partial charge in [0.25, 0.3) is 0 Å². The number of hydrogen-bond acceptors (Lipinski definition) is 5. The number of nitrogens with one attached hydrogen (secondary N) is 3. The van der Waals surface area contributed by atoms with Crippen LogP contribution in [0, 0.1) is 5.92 Å². The van der Waals surface area contributed by atoms with Crippen LogP contribution in [0.5, 0.6) is 0 Å². The normalized spacial score (nSPS) is 19.8. The van der Waals surface area contributed by atoms with Gasteiger partial charge in [0, 0.05) is 37.9 Å².